The van der Waals surface area contributed by atoms with Crippen LogP contribution in [-0.4, -0.2) is 23.7 Å². The molecule has 4 nitrogen and oxygen atoms in total. The highest BCUT2D eigenvalue weighted by atomic mass is 16.5. The number of carbonyl (C=O) groups is 2. The average molecular weight is 286 g/mol. The number of carboxylic acids is 1. The van der Waals surface area contributed by atoms with Crippen LogP contribution in [0.4, 0.5) is 0 Å². The summed E-state index contributed by atoms with van der Waals surface area (Å²) < 4.78 is 5.20. The Morgan fingerprint density at radius 3 is 2.10 bits per heavy atom. The molecule has 2 atom stereocenters. The minimum Gasteiger partial charge on any atom is -0.481 e. The van der Waals surface area contributed by atoms with Crippen LogP contribution in [0.3, 0.4) is 0 Å². The van der Waals surface area contributed by atoms with Crippen molar-refractivity contribution in [1.29, 1.82) is 0 Å². The number of hydrogen-bond donors (Lipinski definition) is 1. The first-order valence-corrected chi connectivity index (χ1v) is 7.90. The molecule has 0 heterocycles. The molecule has 118 valence electrons. The molecule has 0 saturated carbocycles. The predicted octanol–water partition coefficient (Wildman–Crippen LogP) is 4.03. The zero-order valence-electron chi connectivity index (χ0n) is 13.4. The molecule has 4 heteroatoms. The van der Waals surface area contributed by atoms with E-state index >= 15 is 0 Å². The van der Waals surface area contributed by atoms with Crippen LogP contribution in [0.2, 0.25) is 0 Å². The van der Waals surface area contributed by atoms with Gasteiger partial charge in [0.1, 0.15) is 0 Å². The summed E-state index contributed by atoms with van der Waals surface area (Å²) in [5, 5.41) is 9.58. The summed E-state index contributed by atoms with van der Waals surface area (Å²) in [6, 6.07) is 0. The van der Waals surface area contributed by atoms with Crippen molar-refractivity contribution in [3.05, 3.63) is 0 Å². The number of esters is 1. The Labute approximate surface area is 122 Å². The van der Waals surface area contributed by atoms with E-state index in [-0.39, 0.29) is 5.97 Å². The highest BCUT2D eigenvalue weighted by molar-refractivity contribution is 5.84. The van der Waals surface area contributed by atoms with Crippen LogP contribution in [-0.2, 0) is 14.3 Å². The molecule has 0 aliphatic heterocycles. The van der Waals surface area contributed by atoms with E-state index in [4.69, 9.17) is 4.74 Å². The minimum atomic E-state index is -0.871. The van der Waals surface area contributed by atoms with Crippen LogP contribution >= 0.6 is 0 Å². The summed E-state index contributed by atoms with van der Waals surface area (Å²) in [6.07, 6.45) is 5.21. The molecule has 0 saturated heterocycles. The maximum absolute atomic E-state index is 12.4. The van der Waals surface area contributed by atoms with E-state index in [0.29, 0.717) is 25.9 Å². The van der Waals surface area contributed by atoms with E-state index < -0.39 is 17.3 Å². The summed E-state index contributed by atoms with van der Waals surface area (Å²) in [5.74, 6) is -1.85. The van der Waals surface area contributed by atoms with Gasteiger partial charge in [0.05, 0.1) is 17.9 Å². The summed E-state index contributed by atoms with van der Waals surface area (Å²) >= 11 is 0. The van der Waals surface area contributed by atoms with E-state index in [1.165, 1.54) is 0 Å². The van der Waals surface area contributed by atoms with E-state index in [1.807, 2.05) is 20.8 Å². The molecule has 1 N–H and O–H groups in total. The van der Waals surface area contributed by atoms with Crippen molar-refractivity contribution in [1.82, 2.24) is 0 Å². The molecule has 20 heavy (non-hydrogen) atoms. The number of hydrogen-bond acceptors (Lipinski definition) is 3. The standard InChI is InChI=1S/C16H30O4/c1-5-9-11-13(14(17)18)16(7-3,12-10-6-2)15(19)20-8-4/h13H,5-12H2,1-4H3,(H,17,18). The molecule has 0 spiro atoms. The Kier molecular flexibility index (Phi) is 9.26. The van der Waals surface area contributed by atoms with Crippen molar-refractivity contribution in [3.8, 4) is 0 Å². The van der Waals surface area contributed by atoms with Crippen LogP contribution < -0.4 is 0 Å². The van der Waals surface area contributed by atoms with Crippen molar-refractivity contribution in [2.45, 2.75) is 72.6 Å². The zero-order valence-corrected chi connectivity index (χ0v) is 13.4. The van der Waals surface area contributed by atoms with Crippen LogP contribution in [0.25, 0.3) is 0 Å². The van der Waals surface area contributed by atoms with Gasteiger partial charge in [0, 0.05) is 0 Å². The second-order valence-corrected chi connectivity index (χ2v) is 5.37. The van der Waals surface area contributed by atoms with Crippen molar-refractivity contribution < 1.29 is 19.4 Å². The van der Waals surface area contributed by atoms with Crippen LogP contribution in [0.5, 0.6) is 0 Å². The number of ether oxygens (including phenoxy) is 1. The molecule has 2 unspecified atom stereocenters. The Hall–Kier alpha value is -1.06. The highest BCUT2D eigenvalue weighted by Gasteiger charge is 2.48. The second kappa shape index (κ2) is 9.78. The largest absolute Gasteiger partial charge is 0.481 e. The molecule has 0 aromatic heterocycles. The number of unbranched alkanes of at least 4 members (excludes halogenated alkanes) is 2. The monoisotopic (exact) mass is 286 g/mol. The minimum absolute atomic E-state index is 0.298. The summed E-state index contributed by atoms with van der Waals surface area (Å²) in [5.41, 5.74) is -0.868. The Balaban J connectivity index is 5.38. The van der Waals surface area contributed by atoms with E-state index in [0.717, 1.165) is 25.7 Å². The third kappa shape index (κ3) is 4.80. The summed E-state index contributed by atoms with van der Waals surface area (Å²) in [6.45, 7) is 8.04. The molecule has 0 amide bonds. The predicted molar refractivity (Wildman–Crippen MR) is 79.5 cm³/mol. The zero-order chi connectivity index (χ0) is 15.6. The van der Waals surface area contributed by atoms with Gasteiger partial charge in [-0.25, -0.2) is 0 Å². The summed E-state index contributed by atoms with van der Waals surface area (Å²) in [4.78, 5) is 24.1. The lowest BCUT2D eigenvalue weighted by atomic mass is 9.68. The lowest BCUT2D eigenvalue weighted by Gasteiger charge is -2.35. The molecule has 0 bridgehead atoms. The fourth-order valence-electron chi connectivity index (χ4n) is 2.80. The van der Waals surface area contributed by atoms with E-state index in [2.05, 4.69) is 0 Å². The molecule has 0 aliphatic rings. The van der Waals surface area contributed by atoms with Crippen LogP contribution in [0, 0.1) is 11.3 Å². The maximum Gasteiger partial charge on any atom is 0.312 e. The van der Waals surface area contributed by atoms with Crippen molar-refractivity contribution >= 4 is 11.9 Å². The van der Waals surface area contributed by atoms with Gasteiger partial charge in [0.25, 0.3) is 0 Å². The quantitative estimate of drug-likeness (QED) is 0.582. The van der Waals surface area contributed by atoms with Crippen LogP contribution in [0.1, 0.15) is 72.6 Å². The van der Waals surface area contributed by atoms with Crippen molar-refractivity contribution in [3.63, 3.8) is 0 Å². The Bertz CT molecular complexity index is 301. The third-order valence-electron chi connectivity index (χ3n) is 4.10. The molecular formula is C16H30O4. The maximum atomic E-state index is 12.4. The molecule has 0 aromatic carbocycles. The first-order valence-electron chi connectivity index (χ1n) is 7.90. The van der Waals surface area contributed by atoms with Crippen molar-refractivity contribution in [2.24, 2.45) is 11.3 Å². The number of rotatable bonds is 11. The van der Waals surface area contributed by atoms with Crippen LogP contribution in [0.15, 0.2) is 0 Å². The molecule has 0 aliphatic carbocycles. The second-order valence-electron chi connectivity index (χ2n) is 5.37. The smallest absolute Gasteiger partial charge is 0.312 e. The fourth-order valence-corrected chi connectivity index (χ4v) is 2.80. The van der Waals surface area contributed by atoms with Gasteiger partial charge in [-0.05, 0) is 26.2 Å². The molecule has 0 aromatic rings. The van der Waals surface area contributed by atoms with E-state index in [9.17, 15) is 14.7 Å². The number of carboxylic acid groups (broad SMARTS) is 1. The normalized spacial score (nSPS) is 15.4. The van der Waals surface area contributed by atoms with Gasteiger partial charge in [-0.3, -0.25) is 9.59 Å². The van der Waals surface area contributed by atoms with Gasteiger partial charge in [0.15, 0.2) is 0 Å². The van der Waals surface area contributed by atoms with Gasteiger partial charge in [0.2, 0.25) is 0 Å². The molecule has 0 rings (SSSR count). The van der Waals surface area contributed by atoms with Gasteiger partial charge in [-0.2, -0.15) is 0 Å². The van der Waals surface area contributed by atoms with Crippen molar-refractivity contribution in [2.75, 3.05) is 6.61 Å². The lowest BCUT2D eigenvalue weighted by molar-refractivity contribution is -0.169. The highest BCUT2D eigenvalue weighted by Crippen LogP contribution is 2.41. The first-order chi connectivity index (χ1) is 9.49. The lowest BCUT2D eigenvalue weighted by Crippen LogP contribution is -2.43. The first kappa shape index (κ1) is 18.9. The summed E-state index contributed by atoms with van der Waals surface area (Å²) in [7, 11) is 0. The Morgan fingerprint density at radius 1 is 1.10 bits per heavy atom. The molecule has 0 fully saturated rings. The van der Waals surface area contributed by atoms with E-state index in [1.54, 1.807) is 6.92 Å². The molecular weight excluding hydrogens is 256 g/mol. The van der Waals surface area contributed by atoms with Gasteiger partial charge in [-0.15, -0.1) is 0 Å². The molecule has 0 radical (unpaired) electrons. The number of aliphatic carboxylic acids is 1. The topological polar surface area (TPSA) is 63.6 Å². The SMILES string of the molecule is CCCCC(C(=O)O)C(CC)(CCCC)C(=O)OCC. The average Bonchev–Trinajstić information content (AvgIpc) is 2.42. The van der Waals surface area contributed by atoms with Gasteiger partial charge < -0.3 is 9.84 Å². The van der Waals surface area contributed by atoms with Gasteiger partial charge in [-0.1, -0.05) is 46.5 Å². The Morgan fingerprint density at radius 2 is 1.70 bits per heavy atom. The number of carbonyl (C=O) groups excluding carboxylic acids is 1. The third-order valence-corrected chi connectivity index (χ3v) is 4.10. The van der Waals surface area contributed by atoms with Gasteiger partial charge >= 0.3 is 11.9 Å². The fraction of sp³-hybridized carbons (Fsp3) is 0.875.